The summed E-state index contributed by atoms with van der Waals surface area (Å²) in [6.07, 6.45) is 3.18. The van der Waals surface area contributed by atoms with E-state index >= 15 is 0 Å². The summed E-state index contributed by atoms with van der Waals surface area (Å²) in [5.41, 5.74) is 0.849. The van der Waals surface area contributed by atoms with Crippen LogP contribution in [0.2, 0.25) is 0 Å². The zero-order valence-corrected chi connectivity index (χ0v) is 12.9. The highest BCUT2D eigenvalue weighted by Gasteiger charge is 2.22. The number of fused-ring (bicyclic) bond motifs is 1. The Hall–Kier alpha value is -2.50. The van der Waals surface area contributed by atoms with Gasteiger partial charge in [0.05, 0.1) is 0 Å². The molecular weight excluding hydrogens is 294 g/mol. The summed E-state index contributed by atoms with van der Waals surface area (Å²) in [5, 5.41) is 9.36. The standard InChI is InChI=1S/C17H21N3O3/c21-16-14(6-3-4-9-18-16)20-17(22)19-10-8-13-11-12-5-1-2-7-15(12)23-13/h1-2,5,7,11,14H,3-4,6,8-10H2,(H,18,21)(H2,19,20,22). The third-order valence-electron chi connectivity index (χ3n) is 3.97. The number of rotatable bonds is 4. The van der Waals surface area contributed by atoms with Crippen molar-refractivity contribution in [3.8, 4) is 0 Å². The van der Waals surface area contributed by atoms with E-state index in [4.69, 9.17) is 4.42 Å². The average molecular weight is 315 g/mol. The zero-order chi connectivity index (χ0) is 16.1. The Morgan fingerprint density at radius 3 is 3.04 bits per heavy atom. The molecule has 0 saturated carbocycles. The van der Waals surface area contributed by atoms with Crippen LogP contribution in [0.3, 0.4) is 0 Å². The molecule has 1 fully saturated rings. The van der Waals surface area contributed by atoms with Crippen molar-refractivity contribution < 1.29 is 14.0 Å². The highest BCUT2D eigenvalue weighted by Crippen LogP contribution is 2.18. The lowest BCUT2D eigenvalue weighted by Gasteiger charge is -2.15. The minimum Gasteiger partial charge on any atom is -0.461 e. The SMILES string of the molecule is O=C(NCCc1cc2ccccc2o1)NC1CCCCNC1=O. The zero-order valence-electron chi connectivity index (χ0n) is 12.9. The summed E-state index contributed by atoms with van der Waals surface area (Å²) in [7, 11) is 0. The van der Waals surface area contributed by atoms with Crippen LogP contribution in [0.4, 0.5) is 4.79 Å². The minimum absolute atomic E-state index is 0.102. The van der Waals surface area contributed by atoms with Crippen LogP contribution in [0, 0.1) is 0 Å². The van der Waals surface area contributed by atoms with Gasteiger partial charge in [0.25, 0.3) is 0 Å². The van der Waals surface area contributed by atoms with Crippen LogP contribution in [-0.2, 0) is 11.2 Å². The molecule has 1 unspecified atom stereocenters. The number of nitrogens with one attached hydrogen (secondary N) is 3. The molecule has 2 heterocycles. The van der Waals surface area contributed by atoms with E-state index in [2.05, 4.69) is 16.0 Å². The van der Waals surface area contributed by atoms with Crippen molar-refractivity contribution >= 4 is 22.9 Å². The number of carbonyl (C=O) groups is 2. The Labute approximate surface area is 134 Å². The molecule has 3 rings (SSSR count). The minimum atomic E-state index is -0.441. The van der Waals surface area contributed by atoms with Crippen LogP contribution in [0.5, 0.6) is 0 Å². The Bertz CT molecular complexity index is 662. The number of urea groups is 1. The molecular formula is C17H21N3O3. The van der Waals surface area contributed by atoms with Crippen LogP contribution >= 0.6 is 0 Å². The number of para-hydroxylation sites is 1. The Morgan fingerprint density at radius 2 is 2.17 bits per heavy atom. The van der Waals surface area contributed by atoms with Crippen LogP contribution in [0.15, 0.2) is 34.7 Å². The lowest BCUT2D eigenvalue weighted by atomic mass is 10.1. The Kier molecular flexibility index (Phi) is 4.80. The quantitative estimate of drug-likeness (QED) is 0.806. The van der Waals surface area contributed by atoms with Crippen molar-refractivity contribution in [2.24, 2.45) is 0 Å². The molecule has 3 amide bonds. The second-order valence-corrected chi connectivity index (χ2v) is 5.74. The van der Waals surface area contributed by atoms with E-state index in [0.717, 1.165) is 29.6 Å². The Balaban J connectivity index is 1.46. The van der Waals surface area contributed by atoms with Gasteiger partial charge in [-0.05, 0) is 31.4 Å². The fourth-order valence-corrected chi connectivity index (χ4v) is 2.75. The van der Waals surface area contributed by atoms with Crippen molar-refractivity contribution in [3.63, 3.8) is 0 Å². The molecule has 0 spiro atoms. The molecule has 1 atom stereocenters. The molecule has 1 aliphatic heterocycles. The lowest BCUT2D eigenvalue weighted by molar-refractivity contribution is -0.122. The third kappa shape index (κ3) is 4.03. The van der Waals surface area contributed by atoms with Gasteiger partial charge in [0.15, 0.2) is 0 Å². The highest BCUT2D eigenvalue weighted by molar-refractivity contribution is 5.87. The van der Waals surface area contributed by atoms with Crippen LogP contribution in [0.1, 0.15) is 25.0 Å². The van der Waals surface area contributed by atoms with Crippen LogP contribution < -0.4 is 16.0 Å². The number of hydrogen-bond donors (Lipinski definition) is 3. The molecule has 1 aromatic carbocycles. The van der Waals surface area contributed by atoms with Gasteiger partial charge in [-0.3, -0.25) is 4.79 Å². The topological polar surface area (TPSA) is 83.4 Å². The fraction of sp³-hybridized carbons (Fsp3) is 0.412. The van der Waals surface area contributed by atoms with Crippen LogP contribution in [0.25, 0.3) is 11.0 Å². The second-order valence-electron chi connectivity index (χ2n) is 5.74. The number of carbonyl (C=O) groups excluding carboxylic acids is 2. The predicted molar refractivity (Wildman–Crippen MR) is 87.1 cm³/mol. The maximum absolute atomic E-state index is 11.9. The van der Waals surface area contributed by atoms with Crippen molar-refractivity contribution in [2.45, 2.75) is 31.7 Å². The van der Waals surface area contributed by atoms with Gasteiger partial charge in [0.1, 0.15) is 17.4 Å². The van der Waals surface area contributed by atoms with Crippen molar-refractivity contribution in [1.82, 2.24) is 16.0 Å². The molecule has 0 radical (unpaired) electrons. The van der Waals surface area contributed by atoms with Gasteiger partial charge in [-0.15, -0.1) is 0 Å². The molecule has 1 aromatic heterocycles. The van der Waals surface area contributed by atoms with Crippen LogP contribution in [-0.4, -0.2) is 31.1 Å². The van der Waals surface area contributed by atoms with Gasteiger partial charge in [-0.1, -0.05) is 18.2 Å². The van der Waals surface area contributed by atoms with E-state index in [-0.39, 0.29) is 11.9 Å². The van der Waals surface area contributed by atoms with E-state index in [1.807, 2.05) is 30.3 Å². The van der Waals surface area contributed by atoms with Gasteiger partial charge >= 0.3 is 6.03 Å². The molecule has 23 heavy (non-hydrogen) atoms. The van der Waals surface area contributed by atoms with Gasteiger partial charge < -0.3 is 20.4 Å². The maximum atomic E-state index is 11.9. The van der Waals surface area contributed by atoms with E-state index < -0.39 is 6.04 Å². The van der Waals surface area contributed by atoms with Gasteiger partial charge in [-0.25, -0.2) is 4.79 Å². The number of amides is 3. The highest BCUT2D eigenvalue weighted by atomic mass is 16.3. The molecule has 122 valence electrons. The molecule has 6 heteroatoms. The summed E-state index contributed by atoms with van der Waals surface area (Å²) in [6.45, 7) is 1.14. The molecule has 0 aliphatic carbocycles. The largest absolute Gasteiger partial charge is 0.461 e. The summed E-state index contributed by atoms with van der Waals surface area (Å²) in [4.78, 5) is 23.7. The van der Waals surface area contributed by atoms with Gasteiger partial charge in [-0.2, -0.15) is 0 Å². The molecule has 3 N–H and O–H groups in total. The first-order valence-electron chi connectivity index (χ1n) is 8.02. The Morgan fingerprint density at radius 1 is 1.30 bits per heavy atom. The van der Waals surface area contributed by atoms with Gasteiger partial charge in [0, 0.05) is 24.9 Å². The fourth-order valence-electron chi connectivity index (χ4n) is 2.75. The summed E-state index contributed by atoms with van der Waals surface area (Å²) in [6, 6.07) is 9.03. The lowest BCUT2D eigenvalue weighted by Crippen LogP contribution is -2.49. The first kappa shape index (κ1) is 15.4. The molecule has 1 aliphatic rings. The van der Waals surface area contributed by atoms with E-state index in [1.54, 1.807) is 0 Å². The van der Waals surface area contributed by atoms with E-state index in [1.165, 1.54) is 0 Å². The predicted octanol–water partition coefficient (Wildman–Crippen LogP) is 1.94. The molecule has 2 aromatic rings. The normalized spacial score (nSPS) is 18.3. The first-order chi connectivity index (χ1) is 11.2. The van der Waals surface area contributed by atoms with Gasteiger partial charge in [0.2, 0.25) is 5.91 Å². The average Bonchev–Trinajstić information content (AvgIpc) is 2.85. The van der Waals surface area contributed by atoms with E-state index in [0.29, 0.717) is 25.9 Å². The smallest absolute Gasteiger partial charge is 0.315 e. The molecule has 6 nitrogen and oxygen atoms in total. The van der Waals surface area contributed by atoms with Crippen molar-refractivity contribution in [3.05, 3.63) is 36.1 Å². The monoisotopic (exact) mass is 315 g/mol. The summed E-state index contributed by atoms with van der Waals surface area (Å²) >= 11 is 0. The molecule has 1 saturated heterocycles. The maximum Gasteiger partial charge on any atom is 0.315 e. The number of hydrogen-bond acceptors (Lipinski definition) is 3. The molecule has 0 bridgehead atoms. The summed E-state index contributed by atoms with van der Waals surface area (Å²) < 4.78 is 5.70. The number of benzene rings is 1. The second kappa shape index (κ2) is 7.17. The first-order valence-corrected chi connectivity index (χ1v) is 8.02. The number of furan rings is 1. The summed E-state index contributed by atoms with van der Waals surface area (Å²) in [5.74, 6) is 0.730. The van der Waals surface area contributed by atoms with Crippen molar-refractivity contribution in [2.75, 3.05) is 13.1 Å². The third-order valence-corrected chi connectivity index (χ3v) is 3.97. The van der Waals surface area contributed by atoms with Crippen molar-refractivity contribution in [1.29, 1.82) is 0 Å². The van der Waals surface area contributed by atoms with E-state index in [9.17, 15) is 9.59 Å².